The van der Waals surface area contributed by atoms with Gasteiger partial charge in [0.1, 0.15) is 5.65 Å². The zero-order chi connectivity index (χ0) is 20.0. The Kier molecular flexibility index (Phi) is 4.16. The van der Waals surface area contributed by atoms with Crippen molar-refractivity contribution in [3.8, 4) is 0 Å². The second-order valence-corrected chi connectivity index (χ2v) is 7.62. The van der Waals surface area contributed by atoms with Gasteiger partial charge in [0, 0.05) is 53.7 Å². The Bertz CT molecular complexity index is 1220. The molecular weight excluding hydrogens is 366 g/mol. The number of non-ortho nitro benzene ring substituents is 1. The smallest absolute Gasteiger partial charge is 0.295 e. The highest BCUT2D eigenvalue weighted by Crippen LogP contribution is 2.37. The van der Waals surface area contributed by atoms with E-state index >= 15 is 0 Å². The summed E-state index contributed by atoms with van der Waals surface area (Å²) in [5, 5.41) is 13.5. The van der Waals surface area contributed by atoms with Crippen molar-refractivity contribution < 1.29 is 4.92 Å². The number of nitro groups is 1. The number of nitrogens with one attached hydrogen (secondary N) is 1. The molecule has 4 aromatic rings. The van der Waals surface area contributed by atoms with Crippen LogP contribution in [-0.2, 0) is 0 Å². The van der Waals surface area contributed by atoms with Gasteiger partial charge in [-0.05, 0) is 49.4 Å². The van der Waals surface area contributed by atoms with Crippen LogP contribution in [0.15, 0.2) is 48.8 Å². The average molecular weight is 387 g/mol. The fourth-order valence-electron chi connectivity index (χ4n) is 4.50. The van der Waals surface area contributed by atoms with Crippen molar-refractivity contribution in [1.82, 2.24) is 15.0 Å². The number of piperidine rings is 1. The predicted octanol–water partition coefficient (Wildman–Crippen LogP) is 4.71. The second kappa shape index (κ2) is 6.84. The lowest BCUT2D eigenvalue weighted by Gasteiger charge is -2.34. The number of H-pyrrole nitrogens is 1. The molecule has 0 radical (unpaired) electrons. The quantitative estimate of drug-likeness (QED) is 0.406. The Balaban J connectivity index is 1.46. The van der Waals surface area contributed by atoms with E-state index in [1.54, 1.807) is 12.3 Å². The Morgan fingerprint density at radius 2 is 1.97 bits per heavy atom. The third-order valence-corrected chi connectivity index (χ3v) is 5.88. The molecule has 0 saturated carbocycles. The van der Waals surface area contributed by atoms with Crippen LogP contribution in [0.5, 0.6) is 0 Å². The number of nitrogens with zero attached hydrogens (tertiary/aromatic N) is 4. The van der Waals surface area contributed by atoms with E-state index in [4.69, 9.17) is 0 Å². The summed E-state index contributed by atoms with van der Waals surface area (Å²) < 4.78 is 0. The average Bonchev–Trinajstić information content (AvgIpc) is 3.17. The summed E-state index contributed by atoms with van der Waals surface area (Å²) in [4.78, 5) is 25.6. The number of aromatic amines is 1. The molecule has 0 spiro atoms. The Labute approximate surface area is 167 Å². The van der Waals surface area contributed by atoms with Gasteiger partial charge in [0.2, 0.25) is 0 Å². The number of pyridine rings is 2. The van der Waals surface area contributed by atoms with Gasteiger partial charge >= 0.3 is 0 Å². The number of para-hydroxylation sites is 1. The summed E-state index contributed by atoms with van der Waals surface area (Å²) >= 11 is 0. The first-order valence-electron chi connectivity index (χ1n) is 9.83. The van der Waals surface area contributed by atoms with Crippen LogP contribution < -0.4 is 4.90 Å². The SMILES string of the molecule is Cc1cc(N2CCC(c3c[nH]c4ncccc34)CC2)c2cccc([N+](=O)[O-])c2n1. The van der Waals surface area contributed by atoms with E-state index in [0.29, 0.717) is 11.4 Å². The number of anilines is 1. The number of aromatic nitrogens is 3. The Morgan fingerprint density at radius 1 is 1.17 bits per heavy atom. The fourth-order valence-corrected chi connectivity index (χ4v) is 4.50. The molecule has 1 N–H and O–H groups in total. The van der Waals surface area contributed by atoms with E-state index in [1.165, 1.54) is 17.0 Å². The van der Waals surface area contributed by atoms with Gasteiger partial charge in [-0.25, -0.2) is 9.97 Å². The summed E-state index contributed by atoms with van der Waals surface area (Å²) in [5.74, 6) is 0.479. The molecule has 5 rings (SSSR count). The van der Waals surface area contributed by atoms with Crippen molar-refractivity contribution in [3.05, 3.63) is 70.2 Å². The first-order valence-corrected chi connectivity index (χ1v) is 9.83. The lowest BCUT2D eigenvalue weighted by atomic mass is 9.89. The van der Waals surface area contributed by atoms with Gasteiger partial charge < -0.3 is 9.88 Å². The van der Waals surface area contributed by atoms with Crippen LogP contribution in [0.25, 0.3) is 21.9 Å². The summed E-state index contributed by atoms with van der Waals surface area (Å²) in [5.41, 5.74) is 4.64. The predicted molar refractivity (Wildman–Crippen MR) is 113 cm³/mol. The largest absolute Gasteiger partial charge is 0.371 e. The fraction of sp³-hybridized carbons (Fsp3) is 0.273. The molecule has 7 heteroatoms. The van der Waals surface area contributed by atoms with Gasteiger partial charge in [-0.1, -0.05) is 12.1 Å². The first-order chi connectivity index (χ1) is 14.1. The van der Waals surface area contributed by atoms with E-state index in [-0.39, 0.29) is 10.6 Å². The molecule has 0 bridgehead atoms. The van der Waals surface area contributed by atoms with Crippen LogP contribution in [0.2, 0.25) is 0 Å². The van der Waals surface area contributed by atoms with Gasteiger partial charge in [0.15, 0.2) is 5.52 Å². The molecular formula is C22H21N5O2. The third kappa shape index (κ3) is 2.99. The molecule has 29 heavy (non-hydrogen) atoms. The maximum absolute atomic E-state index is 11.4. The summed E-state index contributed by atoms with van der Waals surface area (Å²) in [6.45, 7) is 3.70. The highest BCUT2D eigenvalue weighted by atomic mass is 16.6. The van der Waals surface area contributed by atoms with Crippen molar-refractivity contribution in [2.45, 2.75) is 25.7 Å². The minimum atomic E-state index is -0.351. The molecule has 0 aliphatic carbocycles. The Hall–Kier alpha value is -3.48. The number of nitro benzene ring substituents is 1. The van der Waals surface area contributed by atoms with Gasteiger partial charge in [0.05, 0.1) is 4.92 Å². The number of rotatable bonds is 3. The minimum absolute atomic E-state index is 0.0635. The van der Waals surface area contributed by atoms with Crippen molar-refractivity contribution in [2.75, 3.05) is 18.0 Å². The topological polar surface area (TPSA) is 88.0 Å². The molecule has 146 valence electrons. The van der Waals surface area contributed by atoms with E-state index in [1.807, 2.05) is 25.1 Å². The number of fused-ring (bicyclic) bond motifs is 2. The van der Waals surface area contributed by atoms with Crippen molar-refractivity contribution in [2.24, 2.45) is 0 Å². The van der Waals surface area contributed by atoms with Crippen molar-refractivity contribution in [1.29, 1.82) is 0 Å². The van der Waals surface area contributed by atoms with Gasteiger partial charge in [-0.3, -0.25) is 10.1 Å². The monoisotopic (exact) mass is 387 g/mol. The Morgan fingerprint density at radius 3 is 2.76 bits per heavy atom. The zero-order valence-electron chi connectivity index (χ0n) is 16.1. The molecule has 1 aliphatic heterocycles. The molecule has 7 nitrogen and oxygen atoms in total. The van der Waals surface area contributed by atoms with Gasteiger partial charge in [0.25, 0.3) is 5.69 Å². The number of hydrogen-bond acceptors (Lipinski definition) is 5. The summed E-state index contributed by atoms with van der Waals surface area (Å²) in [6.07, 6.45) is 5.95. The third-order valence-electron chi connectivity index (χ3n) is 5.88. The van der Waals surface area contributed by atoms with Crippen LogP contribution in [0.3, 0.4) is 0 Å². The van der Waals surface area contributed by atoms with Crippen LogP contribution in [-0.4, -0.2) is 33.0 Å². The standard InChI is InChI=1S/C22H21N5O2/c1-14-12-20(17-4-2-6-19(27(28)29)21(17)25-14)26-10-7-15(8-11-26)18-13-24-22-16(18)5-3-9-23-22/h2-6,9,12-13,15H,7-8,10-11H2,1H3,(H,23,24). The van der Waals surface area contributed by atoms with Gasteiger partial charge in [-0.15, -0.1) is 0 Å². The number of hydrogen-bond donors (Lipinski definition) is 1. The number of benzene rings is 1. The maximum Gasteiger partial charge on any atom is 0.295 e. The lowest BCUT2D eigenvalue weighted by Crippen LogP contribution is -2.33. The molecule has 1 aromatic carbocycles. The van der Waals surface area contributed by atoms with Crippen molar-refractivity contribution in [3.63, 3.8) is 0 Å². The van der Waals surface area contributed by atoms with E-state index in [9.17, 15) is 10.1 Å². The van der Waals surface area contributed by atoms with Crippen LogP contribution >= 0.6 is 0 Å². The second-order valence-electron chi connectivity index (χ2n) is 7.62. The number of aryl methyl sites for hydroxylation is 1. The van der Waals surface area contributed by atoms with Gasteiger partial charge in [-0.2, -0.15) is 0 Å². The molecule has 0 unspecified atom stereocenters. The minimum Gasteiger partial charge on any atom is -0.371 e. The normalized spacial score (nSPS) is 15.3. The van der Waals surface area contributed by atoms with E-state index in [2.05, 4.69) is 32.1 Å². The highest BCUT2D eigenvalue weighted by Gasteiger charge is 2.25. The summed E-state index contributed by atoms with van der Waals surface area (Å²) in [7, 11) is 0. The van der Waals surface area contributed by atoms with Crippen LogP contribution in [0.1, 0.15) is 30.0 Å². The van der Waals surface area contributed by atoms with Crippen LogP contribution in [0, 0.1) is 17.0 Å². The van der Waals surface area contributed by atoms with Crippen LogP contribution in [0.4, 0.5) is 11.4 Å². The molecule has 1 fully saturated rings. The molecule has 0 amide bonds. The van der Waals surface area contributed by atoms with E-state index in [0.717, 1.165) is 48.3 Å². The van der Waals surface area contributed by atoms with Crippen molar-refractivity contribution >= 4 is 33.3 Å². The molecule has 3 aromatic heterocycles. The first kappa shape index (κ1) is 17.6. The molecule has 1 aliphatic rings. The maximum atomic E-state index is 11.4. The zero-order valence-corrected chi connectivity index (χ0v) is 16.1. The van der Waals surface area contributed by atoms with E-state index < -0.39 is 0 Å². The summed E-state index contributed by atoms with van der Waals surface area (Å²) in [6, 6.07) is 11.3. The molecule has 4 heterocycles. The molecule has 1 saturated heterocycles. The molecule has 0 atom stereocenters. The lowest BCUT2D eigenvalue weighted by molar-refractivity contribution is -0.383. The highest BCUT2D eigenvalue weighted by molar-refractivity contribution is 5.97.